The molecule has 1 aliphatic rings. The predicted octanol–water partition coefficient (Wildman–Crippen LogP) is 5.30. The number of nitrogens with one attached hydrogen (secondary N) is 1. The Balaban J connectivity index is 1.26. The van der Waals surface area contributed by atoms with E-state index in [0.717, 1.165) is 11.4 Å². The molecule has 0 aromatic heterocycles. The third-order valence-corrected chi connectivity index (χ3v) is 8.79. The number of thioether (sulfide) groups is 1. The molecule has 4 rings (SSSR count). The lowest BCUT2D eigenvalue weighted by Gasteiger charge is -2.30. The summed E-state index contributed by atoms with van der Waals surface area (Å²) in [6, 6.07) is 23.9. The number of hydrogen-bond donors (Lipinski definition) is 1. The zero-order valence-corrected chi connectivity index (χ0v) is 20.3. The van der Waals surface area contributed by atoms with Gasteiger partial charge >= 0.3 is 0 Å². The van der Waals surface area contributed by atoms with Crippen molar-refractivity contribution in [1.82, 2.24) is 4.31 Å². The first-order valence-electron chi connectivity index (χ1n) is 11.2. The van der Waals surface area contributed by atoms with Crippen LogP contribution in [-0.2, 0) is 26.3 Å². The maximum absolute atomic E-state index is 13.9. The van der Waals surface area contributed by atoms with Crippen LogP contribution in [-0.4, -0.2) is 31.7 Å². The molecule has 1 amide bonds. The first-order valence-corrected chi connectivity index (χ1v) is 13.8. The minimum Gasteiger partial charge on any atom is -0.326 e. The van der Waals surface area contributed by atoms with E-state index in [1.807, 2.05) is 42.5 Å². The maximum atomic E-state index is 13.9. The third kappa shape index (κ3) is 6.46. The number of hydrogen-bond acceptors (Lipinski definition) is 4. The van der Waals surface area contributed by atoms with Crippen LogP contribution in [0, 0.1) is 11.7 Å². The first-order chi connectivity index (χ1) is 16.4. The summed E-state index contributed by atoms with van der Waals surface area (Å²) in [7, 11) is -3.64. The molecular weight excluding hydrogens is 471 g/mol. The Labute approximate surface area is 204 Å². The van der Waals surface area contributed by atoms with Gasteiger partial charge in [0, 0.05) is 40.9 Å². The average molecular weight is 499 g/mol. The Bertz CT molecular complexity index is 1210. The lowest BCUT2D eigenvalue weighted by atomic mass is 9.97. The summed E-state index contributed by atoms with van der Waals surface area (Å²) in [6.07, 6.45) is 0.877. The standard InChI is InChI=1S/C26H27FN2O3S2/c27-25-9-5-4-6-22(25)19-34(31,32)29-16-14-21(15-17-29)26(30)28-23-12-10-20(11-13-23)18-33-24-7-2-1-3-8-24/h1-13,21H,14-19H2,(H,28,30). The van der Waals surface area contributed by atoms with E-state index < -0.39 is 15.8 Å². The molecule has 5 nitrogen and oxygen atoms in total. The lowest BCUT2D eigenvalue weighted by molar-refractivity contribution is -0.120. The lowest BCUT2D eigenvalue weighted by Crippen LogP contribution is -2.42. The topological polar surface area (TPSA) is 66.5 Å². The number of rotatable bonds is 8. The zero-order valence-electron chi connectivity index (χ0n) is 18.7. The van der Waals surface area contributed by atoms with Gasteiger partial charge in [-0.25, -0.2) is 17.1 Å². The molecule has 0 bridgehead atoms. The highest BCUT2D eigenvalue weighted by Gasteiger charge is 2.31. The van der Waals surface area contributed by atoms with Crippen LogP contribution in [0.5, 0.6) is 0 Å². The Hall–Kier alpha value is -2.68. The van der Waals surface area contributed by atoms with Crippen molar-refractivity contribution in [3.8, 4) is 0 Å². The highest BCUT2D eigenvalue weighted by atomic mass is 32.2. The molecule has 8 heteroatoms. The molecule has 3 aromatic carbocycles. The number of anilines is 1. The zero-order chi connectivity index (χ0) is 24.0. The van der Waals surface area contributed by atoms with Crippen molar-refractivity contribution < 1.29 is 17.6 Å². The van der Waals surface area contributed by atoms with E-state index in [4.69, 9.17) is 0 Å². The van der Waals surface area contributed by atoms with Gasteiger partial charge in [0.1, 0.15) is 5.82 Å². The van der Waals surface area contributed by atoms with E-state index in [2.05, 4.69) is 17.4 Å². The van der Waals surface area contributed by atoms with Crippen molar-refractivity contribution in [3.63, 3.8) is 0 Å². The summed E-state index contributed by atoms with van der Waals surface area (Å²) >= 11 is 1.76. The van der Waals surface area contributed by atoms with Crippen LogP contribution in [0.2, 0.25) is 0 Å². The van der Waals surface area contributed by atoms with Crippen molar-refractivity contribution in [2.45, 2.75) is 29.2 Å². The maximum Gasteiger partial charge on any atom is 0.227 e. The second-order valence-electron chi connectivity index (χ2n) is 8.31. The Kier molecular flexibility index (Phi) is 8.03. The van der Waals surface area contributed by atoms with E-state index in [9.17, 15) is 17.6 Å². The van der Waals surface area contributed by atoms with Gasteiger partial charge in [-0.3, -0.25) is 4.79 Å². The monoisotopic (exact) mass is 498 g/mol. The number of benzene rings is 3. The minimum absolute atomic E-state index is 0.0995. The van der Waals surface area contributed by atoms with Crippen molar-refractivity contribution in [2.24, 2.45) is 5.92 Å². The molecule has 178 valence electrons. The molecule has 1 aliphatic heterocycles. The van der Waals surface area contributed by atoms with Crippen LogP contribution >= 0.6 is 11.8 Å². The van der Waals surface area contributed by atoms with Gasteiger partial charge in [0.2, 0.25) is 15.9 Å². The Morgan fingerprint density at radius 3 is 2.26 bits per heavy atom. The van der Waals surface area contributed by atoms with Crippen molar-refractivity contribution in [2.75, 3.05) is 18.4 Å². The van der Waals surface area contributed by atoms with Crippen LogP contribution in [0.4, 0.5) is 10.1 Å². The highest BCUT2D eigenvalue weighted by Crippen LogP contribution is 2.25. The van der Waals surface area contributed by atoms with Crippen LogP contribution in [0.3, 0.4) is 0 Å². The largest absolute Gasteiger partial charge is 0.326 e. The van der Waals surface area contributed by atoms with Gasteiger partial charge in [0.15, 0.2) is 0 Å². The Morgan fingerprint density at radius 2 is 1.59 bits per heavy atom. The van der Waals surface area contributed by atoms with Gasteiger partial charge in [-0.1, -0.05) is 48.5 Å². The van der Waals surface area contributed by atoms with Crippen LogP contribution in [0.1, 0.15) is 24.0 Å². The first kappa shape index (κ1) is 24.4. The molecule has 0 atom stereocenters. The summed E-state index contributed by atoms with van der Waals surface area (Å²) in [5.74, 6) is -0.403. The SMILES string of the molecule is O=C(Nc1ccc(CSc2ccccc2)cc1)C1CCN(S(=O)(=O)Cc2ccccc2F)CC1. The average Bonchev–Trinajstić information content (AvgIpc) is 2.86. The molecule has 1 fully saturated rings. The van der Waals surface area contributed by atoms with Gasteiger partial charge < -0.3 is 5.32 Å². The minimum atomic E-state index is -3.64. The number of halogens is 1. The molecule has 34 heavy (non-hydrogen) atoms. The second-order valence-corrected chi connectivity index (χ2v) is 11.3. The number of carbonyl (C=O) groups excluding carboxylic acids is 1. The fourth-order valence-electron chi connectivity index (χ4n) is 3.91. The molecule has 1 N–H and O–H groups in total. The van der Waals surface area contributed by atoms with E-state index in [1.54, 1.807) is 17.8 Å². The van der Waals surface area contributed by atoms with Gasteiger partial charge in [-0.05, 0) is 48.7 Å². The third-order valence-electron chi connectivity index (χ3n) is 5.88. The van der Waals surface area contributed by atoms with Gasteiger partial charge in [0.25, 0.3) is 0 Å². The summed E-state index contributed by atoms with van der Waals surface area (Å²) in [4.78, 5) is 13.9. The molecular formula is C26H27FN2O3S2. The van der Waals surface area contributed by atoms with Crippen LogP contribution < -0.4 is 5.32 Å². The molecule has 3 aromatic rings. The Morgan fingerprint density at radius 1 is 0.941 bits per heavy atom. The second kappa shape index (κ2) is 11.2. The summed E-state index contributed by atoms with van der Waals surface area (Å²) in [5.41, 5.74) is 2.06. The van der Waals surface area contributed by atoms with Gasteiger partial charge in [-0.2, -0.15) is 0 Å². The molecule has 0 saturated carbocycles. The summed E-state index contributed by atoms with van der Waals surface area (Å²) in [6.45, 7) is 0.509. The predicted molar refractivity (Wildman–Crippen MR) is 134 cm³/mol. The van der Waals surface area contributed by atoms with Crippen molar-refractivity contribution in [1.29, 1.82) is 0 Å². The molecule has 0 aliphatic carbocycles. The highest BCUT2D eigenvalue weighted by molar-refractivity contribution is 7.98. The number of carbonyl (C=O) groups is 1. The number of nitrogens with zero attached hydrogens (tertiary/aromatic N) is 1. The number of amides is 1. The quantitative estimate of drug-likeness (QED) is 0.428. The number of piperidine rings is 1. The molecule has 0 radical (unpaired) electrons. The smallest absolute Gasteiger partial charge is 0.227 e. The van der Waals surface area contributed by atoms with E-state index >= 15 is 0 Å². The van der Waals surface area contributed by atoms with Gasteiger partial charge in [-0.15, -0.1) is 11.8 Å². The van der Waals surface area contributed by atoms with E-state index in [-0.39, 0.29) is 36.2 Å². The van der Waals surface area contributed by atoms with E-state index in [1.165, 1.54) is 33.0 Å². The molecule has 1 heterocycles. The van der Waals surface area contributed by atoms with Crippen molar-refractivity contribution >= 4 is 33.4 Å². The molecule has 1 saturated heterocycles. The summed E-state index contributed by atoms with van der Waals surface area (Å²) < 4.78 is 40.6. The normalized spacial score (nSPS) is 15.2. The molecule has 0 spiro atoms. The fourth-order valence-corrected chi connectivity index (χ4v) is 6.36. The van der Waals surface area contributed by atoms with Crippen LogP contribution in [0.15, 0.2) is 83.8 Å². The molecule has 0 unspecified atom stereocenters. The van der Waals surface area contributed by atoms with Crippen molar-refractivity contribution in [3.05, 3.63) is 95.8 Å². The number of sulfonamides is 1. The van der Waals surface area contributed by atoms with E-state index in [0.29, 0.717) is 12.8 Å². The fraction of sp³-hybridized carbons (Fsp3) is 0.269. The summed E-state index contributed by atoms with van der Waals surface area (Å²) in [5, 5.41) is 2.95. The van der Waals surface area contributed by atoms with Gasteiger partial charge in [0.05, 0.1) is 5.75 Å². The van der Waals surface area contributed by atoms with Crippen LogP contribution in [0.25, 0.3) is 0 Å².